The van der Waals surface area contributed by atoms with Crippen LogP contribution in [0.4, 0.5) is 11.4 Å². The molecule has 0 radical (unpaired) electrons. The van der Waals surface area contributed by atoms with Crippen LogP contribution in [0.5, 0.6) is 5.75 Å². The second kappa shape index (κ2) is 9.70. The number of ether oxygens (including phenoxy) is 2. The third-order valence-corrected chi connectivity index (χ3v) is 7.47. The van der Waals surface area contributed by atoms with Gasteiger partial charge >= 0.3 is 0 Å². The average molecular weight is 476 g/mol. The summed E-state index contributed by atoms with van der Waals surface area (Å²) in [4.78, 5) is 15.6. The van der Waals surface area contributed by atoms with Crippen LogP contribution in [-0.4, -0.2) is 66.1 Å². The van der Waals surface area contributed by atoms with Crippen molar-refractivity contribution < 1.29 is 22.7 Å². The summed E-state index contributed by atoms with van der Waals surface area (Å²) in [6, 6.07) is 10.4. The number of carbonyl (C=O) groups is 1. The van der Waals surface area contributed by atoms with Crippen molar-refractivity contribution in [3.8, 4) is 5.75 Å². The SMILES string of the molecule is COc1ccc(C(C)(C)C)cc1NC(=O)c1cc(S(=O)(=O)N(C)C)ccc1N1CCOCC1. The van der Waals surface area contributed by atoms with Gasteiger partial charge in [0.2, 0.25) is 10.0 Å². The molecule has 2 aromatic carbocycles. The van der Waals surface area contributed by atoms with Gasteiger partial charge in [-0.1, -0.05) is 26.8 Å². The molecule has 180 valence electrons. The highest BCUT2D eigenvalue weighted by Gasteiger charge is 2.25. The molecule has 1 aliphatic heterocycles. The Morgan fingerprint density at radius 1 is 1.09 bits per heavy atom. The van der Waals surface area contributed by atoms with Gasteiger partial charge in [-0.05, 0) is 41.3 Å². The maximum absolute atomic E-state index is 13.5. The van der Waals surface area contributed by atoms with Gasteiger partial charge in [0, 0.05) is 32.9 Å². The maximum atomic E-state index is 13.5. The van der Waals surface area contributed by atoms with Crippen molar-refractivity contribution in [2.45, 2.75) is 31.1 Å². The fourth-order valence-corrected chi connectivity index (χ4v) is 4.54. The Labute approximate surface area is 196 Å². The van der Waals surface area contributed by atoms with Crippen LogP contribution in [0, 0.1) is 0 Å². The van der Waals surface area contributed by atoms with Gasteiger partial charge in [-0.15, -0.1) is 0 Å². The number of nitrogens with zero attached hydrogens (tertiary/aromatic N) is 2. The van der Waals surface area contributed by atoms with Gasteiger partial charge in [0.05, 0.1) is 36.5 Å². The Hall–Kier alpha value is -2.62. The van der Waals surface area contributed by atoms with E-state index < -0.39 is 15.9 Å². The lowest BCUT2D eigenvalue weighted by Gasteiger charge is -2.30. The van der Waals surface area contributed by atoms with Crippen molar-refractivity contribution in [3.05, 3.63) is 47.5 Å². The Kier molecular flexibility index (Phi) is 7.36. The first-order valence-corrected chi connectivity index (χ1v) is 12.3. The van der Waals surface area contributed by atoms with Crippen molar-refractivity contribution in [1.29, 1.82) is 0 Å². The number of anilines is 2. The lowest BCUT2D eigenvalue weighted by atomic mass is 9.87. The van der Waals surface area contributed by atoms with Crippen LogP contribution in [0.3, 0.4) is 0 Å². The first-order chi connectivity index (χ1) is 15.4. The largest absolute Gasteiger partial charge is 0.495 e. The maximum Gasteiger partial charge on any atom is 0.257 e. The minimum atomic E-state index is -3.71. The molecule has 0 atom stereocenters. The standard InChI is InChI=1S/C24H33N3O5S/c1-24(2,3)17-7-10-22(31-6)20(15-17)25-23(28)19-16-18(33(29,30)26(4)5)8-9-21(19)27-11-13-32-14-12-27/h7-10,15-16H,11-14H2,1-6H3,(H,25,28). The molecule has 2 aromatic rings. The van der Waals surface area contributed by atoms with E-state index in [0.717, 1.165) is 9.87 Å². The number of methoxy groups -OCH3 is 1. The van der Waals surface area contributed by atoms with Crippen LogP contribution in [0.2, 0.25) is 0 Å². The second-order valence-corrected chi connectivity index (χ2v) is 11.3. The molecule has 3 rings (SSSR count). The molecule has 33 heavy (non-hydrogen) atoms. The van der Waals surface area contributed by atoms with E-state index in [-0.39, 0.29) is 15.9 Å². The Morgan fingerprint density at radius 2 is 1.76 bits per heavy atom. The third kappa shape index (κ3) is 5.48. The first-order valence-electron chi connectivity index (χ1n) is 10.8. The minimum Gasteiger partial charge on any atom is -0.495 e. The van der Waals surface area contributed by atoms with Crippen LogP contribution < -0.4 is 15.0 Å². The quantitative estimate of drug-likeness (QED) is 0.690. The molecule has 1 heterocycles. The van der Waals surface area contributed by atoms with Crippen LogP contribution in [0.25, 0.3) is 0 Å². The topological polar surface area (TPSA) is 88.2 Å². The van der Waals surface area contributed by atoms with Crippen LogP contribution in [0.1, 0.15) is 36.7 Å². The number of carbonyl (C=O) groups excluding carboxylic acids is 1. The van der Waals surface area contributed by atoms with Crippen LogP contribution in [-0.2, 0) is 20.2 Å². The van der Waals surface area contributed by atoms with Crippen molar-refractivity contribution >= 4 is 27.3 Å². The van der Waals surface area contributed by atoms with E-state index in [4.69, 9.17) is 9.47 Å². The molecule has 0 spiro atoms. The zero-order valence-electron chi connectivity index (χ0n) is 20.1. The fourth-order valence-electron chi connectivity index (χ4n) is 3.61. The van der Waals surface area contributed by atoms with Gasteiger partial charge in [0.25, 0.3) is 5.91 Å². The molecule has 1 aliphatic rings. The molecule has 1 amide bonds. The number of nitrogens with one attached hydrogen (secondary N) is 1. The number of amides is 1. The second-order valence-electron chi connectivity index (χ2n) is 9.18. The molecule has 0 unspecified atom stereocenters. The molecule has 9 heteroatoms. The third-order valence-electron chi connectivity index (χ3n) is 5.66. The van der Waals surface area contributed by atoms with E-state index in [1.165, 1.54) is 26.2 Å². The van der Waals surface area contributed by atoms with Gasteiger partial charge in [0.15, 0.2) is 0 Å². The molecule has 8 nitrogen and oxygen atoms in total. The monoisotopic (exact) mass is 475 g/mol. The van der Waals surface area contributed by atoms with Gasteiger partial charge < -0.3 is 19.7 Å². The number of sulfonamides is 1. The summed E-state index contributed by atoms with van der Waals surface area (Å²) in [6.45, 7) is 8.58. The highest BCUT2D eigenvalue weighted by molar-refractivity contribution is 7.89. The van der Waals surface area contributed by atoms with E-state index in [1.54, 1.807) is 13.2 Å². The lowest BCUT2D eigenvalue weighted by Crippen LogP contribution is -2.37. The molecule has 0 aromatic heterocycles. The number of hydrogen-bond donors (Lipinski definition) is 1. The van der Waals surface area contributed by atoms with Crippen molar-refractivity contribution in [3.63, 3.8) is 0 Å². The van der Waals surface area contributed by atoms with Crippen LogP contribution in [0.15, 0.2) is 41.3 Å². The highest BCUT2D eigenvalue weighted by atomic mass is 32.2. The molecule has 0 saturated carbocycles. The fraction of sp³-hybridized carbons (Fsp3) is 0.458. The van der Waals surface area contributed by atoms with E-state index in [0.29, 0.717) is 43.4 Å². The summed E-state index contributed by atoms with van der Waals surface area (Å²) < 4.78 is 37.5. The van der Waals surface area contributed by atoms with E-state index in [1.807, 2.05) is 23.1 Å². The average Bonchev–Trinajstić information content (AvgIpc) is 2.78. The molecular weight excluding hydrogens is 442 g/mol. The smallest absolute Gasteiger partial charge is 0.257 e. The van der Waals surface area contributed by atoms with Gasteiger partial charge in [-0.3, -0.25) is 4.79 Å². The van der Waals surface area contributed by atoms with Crippen molar-refractivity contribution in [2.24, 2.45) is 0 Å². The molecule has 1 fully saturated rings. The lowest BCUT2D eigenvalue weighted by molar-refractivity contribution is 0.102. The van der Waals surface area contributed by atoms with Crippen LogP contribution >= 0.6 is 0 Å². The predicted molar refractivity (Wildman–Crippen MR) is 130 cm³/mol. The Balaban J connectivity index is 2.07. The molecule has 0 aliphatic carbocycles. The zero-order chi connectivity index (χ0) is 24.4. The summed E-state index contributed by atoms with van der Waals surface area (Å²) in [6.07, 6.45) is 0. The number of morpholine rings is 1. The van der Waals surface area contributed by atoms with E-state index in [9.17, 15) is 13.2 Å². The predicted octanol–water partition coefficient (Wildman–Crippen LogP) is 3.33. The van der Waals surface area contributed by atoms with E-state index >= 15 is 0 Å². The number of hydrogen-bond acceptors (Lipinski definition) is 6. The first kappa shape index (κ1) is 25.0. The summed E-state index contributed by atoms with van der Waals surface area (Å²) in [5.74, 6) is 0.123. The molecule has 1 saturated heterocycles. The number of benzene rings is 2. The summed E-state index contributed by atoms with van der Waals surface area (Å²) in [5, 5.41) is 2.95. The number of rotatable bonds is 6. The highest BCUT2D eigenvalue weighted by Crippen LogP contribution is 2.33. The Bertz CT molecular complexity index is 1120. The normalized spacial score (nSPS) is 14.9. The zero-order valence-corrected chi connectivity index (χ0v) is 21.0. The van der Waals surface area contributed by atoms with Gasteiger partial charge in [0.1, 0.15) is 5.75 Å². The summed E-state index contributed by atoms with van der Waals surface area (Å²) in [5.41, 5.74) is 2.40. The summed E-state index contributed by atoms with van der Waals surface area (Å²) >= 11 is 0. The van der Waals surface area contributed by atoms with Gasteiger partial charge in [-0.2, -0.15) is 0 Å². The Morgan fingerprint density at radius 3 is 2.33 bits per heavy atom. The summed E-state index contributed by atoms with van der Waals surface area (Å²) in [7, 11) is 0.772. The minimum absolute atomic E-state index is 0.0602. The molecule has 0 bridgehead atoms. The van der Waals surface area contributed by atoms with E-state index in [2.05, 4.69) is 26.1 Å². The van der Waals surface area contributed by atoms with Crippen molar-refractivity contribution in [1.82, 2.24) is 4.31 Å². The van der Waals surface area contributed by atoms with Crippen molar-refractivity contribution in [2.75, 3.05) is 57.7 Å². The van der Waals surface area contributed by atoms with Gasteiger partial charge in [-0.25, -0.2) is 12.7 Å². The molecular formula is C24H33N3O5S. The molecule has 1 N–H and O–H groups in total.